The van der Waals surface area contributed by atoms with Crippen molar-refractivity contribution >= 4 is 5.91 Å². The number of halogens is 1. The minimum atomic E-state index is -0.920. The lowest BCUT2D eigenvalue weighted by molar-refractivity contribution is -0.120. The fourth-order valence-electron chi connectivity index (χ4n) is 2.93. The molecule has 2 rings (SSSR count). The van der Waals surface area contributed by atoms with E-state index in [4.69, 9.17) is 10.5 Å². The molecule has 1 atom stereocenters. The minimum absolute atomic E-state index is 0.168. The number of benzene rings is 1. The largest absolute Gasteiger partial charge is 0.497 e. The molecule has 22 heavy (non-hydrogen) atoms. The van der Waals surface area contributed by atoms with Gasteiger partial charge in [0.1, 0.15) is 11.6 Å². The van der Waals surface area contributed by atoms with E-state index in [0.29, 0.717) is 37.2 Å². The van der Waals surface area contributed by atoms with Crippen LogP contribution in [0, 0.1) is 5.82 Å². The Hall–Kier alpha value is -1.66. The maximum absolute atomic E-state index is 14.0. The van der Waals surface area contributed by atoms with Gasteiger partial charge < -0.3 is 15.6 Å². The molecule has 1 heterocycles. The molecule has 3 N–H and O–H groups in total. The normalized spacial score (nSPS) is 22.5. The molecule has 0 bridgehead atoms. The minimum Gasteiger partial charge on any atom is -0.497 e. The number of piperidine rings is 1. The Morgan fingerprint density at radius 2 is 2.32 bits per heavy atom. The SMILES string of the molecule is COc1ccc(CN2CCCC(O)(CCC(N)=O)C2)c(F)c1. The third kappa shape index (κ3) is 4.42. The van der Waals surface area contributed by atoms with E-state index in [1.807, 2.05) is 4.90 Å². The summed E-state index contributed by atoms with van der Waals surface area (Å²) in [6.07, 6.45) is 1.97. The fraction of sp³-hybridized carbons (Fsp3) is 0.562. The number of likely N-dealkylation sites (tertiary alicyclic amines) is 1. The second-order valence-electron chi connectivity index (χ2n) is 5.96. The van der Waals surface area contributed by atoms with Crippen molar-refractivity contribution in [1.82, 2.24) is 4.90 Å². The second-order valence-corrected chi connectivity index (χ2v) is 5.96. The Morgan fingerprint density at radius 1 is 1.55 bits per heavy atom. The Bertz CT molecular complexity index is 538. The van der Waals surface area contributed by atoms with E-state index in [9.17, 15) is 14.3 Å². The average molecular weight is 310 g/mol. The summed E-state index contributed by atoms with van der Waals surface area (Å²) < 4.78 is 19.0. The van der Waals surface area contributed by atoms with E-state index in [0.717, 1.165) is 13.0 Å². The standard InChI is InChI=1S/C16H23FN2O3/c1-22-13-4-3-12(14(17)9-13)10-19-8-2-6-16(21,11-19)7-5-15(18)20/h3-4,9,21H,2,5-8,10-11H2,1H3,(H2,18,20). The third-order valence-electron chi connectivity index (χ3n) is 4.13. The molecule has 0 radical (unpaired) electrons. The lowest BCUT2D eigenvalue weighted by Gasteiger charge is -2.39. The van der Waals surface area contributed by atoms with Crippen molar-refractivity contribution in [1.29, 1.82) is 0 Å². The number of nitrogens with zero attached hydrogens (tertiary/aromatic N) is 1. The van der Waals surface area contributed by atoms with Crippen LogP contribution in [0.4, 0.5) is 4.39 Å². The maximum atomic E-state index is 14.0. The monoisotopic (exact) mass is 310 g/mol. The van der Waals surface area contributed by atoms with Crippen molar-refractivity contribution in [3.8, 4) is 5.75 Å². The third-order valence-corrected chi connectivity index (χ3v) is 4.13. The van der Waals surface area contributed by atoms with Crippen molar-refractivity contribution in [3.63, 3.8) is 0 Å². The first-order valence-electron chi connectivity index (χ1n) is 7.47. The summed E-state index contributed by atoms with van der Waals surface area (Å²) in [5.41, 5.74) is 4.80. The van der Waals surface area contributed by atoms with Gasteiger partial charge in [-0.3, -0.25) is 9.69 Å². The van der Waals surface area contributed by atoms with Gasteiger partial charge in [-0.15, -0.1) is 0 Å². The van der Waals surface area contributed by atoms with Crippen molar-refractivity contribution in [2.24, 2.45) is 5.73 Å². The molecule has 1 amide bonds. The van der Waals surface area contributed by atoms with Crippen LogP contribution in [0.5, 0.6) is 5.75 Å². The molecule has 0 aromatic heterocycles. The van der Waals surface area contributed by atoms with Crippen LogP contribution in [0.2, 0.25) is 0 Å². The van der Waals surface area contributed by atoms with E-state index in [-0.39, 0.29) is 12.2 Å². The van der Waals surface area contributed by atoms with Crippen molar-refractivity contribution in [3.05, 3.63) is 29.6 Å². The Morgan fingerprint density at radius 3 is 2.95 bits per heavy atom. The zero-order chi connectivity index (χ0) is 16.2. The lowest BCUT2D eigenvalue weighted by Crippen LogP contribution is -2.48. The highest BCUT2D eigenvalue weighted by Gasteiger charge is 2.33. The summed E-state index contributed by atoms with van der Waals surface area (Å²) in [4.78, 5) is 12.9. The number of aliphatic hydroxyl groups is 1. The zero-order valence-corrected chi connectivity index (χ0v) is 12.8. The summed E-state index contributed by atoms with van der Waals surface area (Å²) in [5, 5.41) is 10.6. The molecule has 0 spiro atoms. The van der Waals surface area contributed by atoms with Crippen molar-refractivity contribution < 1.29 is 19.0 Å². The van der Waals surface area contributed by atoms with Crippen molar-refractivity contribution in [2.75, 3.05) is 20.2 Å². The number of ether oxygens (including phenoxy) is 1. The van der Waals surface area contributed by atoms with Crippen LogP contribution in [0.1, 0.15) is 31.2 Å². The predicted octanol–water partition coefficient (Wildman–Crippen LogP) is 1.43. The summed E-state index contributed by atoms with van der Waals surface area (Å²) in [5.74, 6) is -0.241. The molecule has 5 nitrogen and oxygen atoms in total. The first-order valence-corrected chi connectivity index (χ1v) is 7.47. The van der Waals surface area contributed by atoms with Crippen LogP contribution in [-0.2, 0) is 11.3 Å². The molecular weight excluding hydrogens is 287 g/mol. The van der Waals surface area contributed by atoms with Gasteiger partial charge in [0.2, 0.25) is 5.91 Å². The Kier molecular flexibility index (Phi) is 5.37. The number of amides is 1. The van der Waals surface area contributed by atoms with E-state index in [1.54, 1.807) is 12.1 Å². The number of methoxy groups -OCH3 is 1. The summed E-state index contributed by atoms with van der Waals surface area (Å²) in [7, 11) is 1.50. The zero-order valence-electron chi connectivity index (χ0n) is 12.8. The highest BCUT2D eigenvalue weighted by atomic mass is 19.1. The van der Waals surface area contributed by atoms with Gasteiger partial charge in [0.05, 0.1) is 12.7 Å². The van der Waals surface area contributed by atoms with Gasteiger partial charge in [0.15, 0.2) is 0 Å². The van der Waals surface area contributed by atoms with Crippen molar-refractivity contribution in [2.45, 2.75) is 37.8 Å². The smallest absolute Gasteiger partial charge is 0.217 e. The van der Waals surface area contributed by atoms with Gasteiger partial charge in [-0.25, -0.2) is 4.39 Å². The summed E-state index contributed by atoms with van der Waals surface area (Å²) in [6, 6.07) is 4.78. The van der Waals surface area contributed by atoms with Gasteiger partial charge >= 0.3 is 0 Å². The van der Waals surface area contributed by atoms with Crippen LogP contribution >= 0.6 is 0 Å². The molecule has 6 heteroatoms. The molecule has 1 unspecified atom stereocenters. The van der Waals surface area contributed by atoms with Crippen LogP contribution in [-0.4, -0.2) is 41.7 Å². The van der Waals surface area contributed by atoms with E-state index in [1.165, 1.54) is 13.2 Å². The second kappa shape index (κ2) is 7.07. The molecular formula is C16H23FN2O3. The number of hydrogen-bond donors (Lipinski definition) is 2. The number of nitrogens with two attached hydrogens (primary N) is 1. The molecule has 0 saturated carbocycles. The summed E-state index contributed by atoms with van der Waals surface area (Å²) >= 11 is 0. The van der Waals surface area contributed by atoms with Gasteiger partial charge in [-0.2, -0.15) is 0 Å². The first-order chi connectivity index (χ1) is 10.4. The van der Waals surface area contributed by atoms with Gasteiger partial charge in [0.25, 0.3) is 0 Å². The van der Waals surface area contributed by atoms with Gasteiger partial charge in [-0.05, 0) is 31.9 Å². The quantitative estimate of drug-likeness (QED) is 0.833. The molecule has 122 valence electrons. The molecule has 1 saturated heterocycles. The highest BCUT2D eigenvalue weighted by Crippen LogP contribution is 2.27. The molecule has 1 aliphatic rings. The summed E-state index contributed by atoms with van der Waals surface area (Å²) in [6.45, 7) is 1.64. The molecule has 1 aromatic carbocycles. The Labute approximate surface area is 129 Å². The number of β-amino-alcohol motifs (C(OH)–C–C–N with tert-alkyl or cyclic N) is 1. The lowest BCUT2D eigenvalue weighted by atomic mass is 9.88. The van der Waals surface area contributed by atoms with Crippen LogP contribution < -0.4 is 10.5 Å². The number of primary amides is 1. The van der Waals surface area contributed by atoms with E-state index >= 15 is 0 Å². The Balaban J connectivity index is 1.99. The van der Waals surface area contributed by atoms with Crippen LogP contribution in [0.3, 0.4) is 0 Å². The van der Waals surface area contributed by atoms with Gasteiger partial charge in [-0.1, -0.05) is 6.07 Å². The number of carbonyl (C=O) groups is 1. The molecule has 0 aliphatic carbocycles. The predicted molar refractivity (Wildman–Crippen MR) is 80.8 cm³/mol. The molecule has 1 aliphatic heterocycles. The maximum Gasteiger partial charge on any atom is 0.217 e. The number of rotatable bonds is 6. The topological polar surface area (TPSA) is 75.8 Å². The number of hydrogen-bond acceptors (Lipinski definition) is 4. The molecule has 1 fully saturated rings. The highest BCUT2D eigenvalue weighted by molar-refractivity contribution is 5.73. The van der Waals surface area contributed by atoms with Crippen LogP contribution in [0.15, 0.2) is 18.2 Å². The fourth-order valence-corrected chi connectivity index (χ4v) is 2.93. The van der Waals surface area contributed by atoms with Crippen LogP contribution in [0.25, 0.3) is 0 Å². The van der Waals surface area contributed by atoms with E-state index < -0.39 is 11.5 Å². The molecule has 1 aromatic rings. The van der Waals surface area contributed by atoms with Gasteiger partial charge in [0, 0.05) is 31.1 Å². The first kappa shape index (κ1) is 16.7. The number of carbonyl (C=O) groups excluding carboxylic acids is 1. The average Bonchev–Trinajstić information content (AvgIpc) is 2.47. The van der Waals surface area contributed by atoms with E-state index in [2.05, 4.69) is 0 Å².